The van der Waals surface area contributed by atoms with Gasteiger partial charge in [0, 0.05) is 37.6 Å². The van der Waals surface area contributed by atoms with Gasteiger partial charge in [0.2, 0.25) is 5.95 Å². The van der Waals surface area contributed by atoms with E-state index in [0.717, 1.165) is 46.9 Å². The zero-order valence-corrected chi connectivity index (χ0v) is 19.2. The number of nitrogens with one attached hydrogen (secondary N) is 1. The molecule has 1 N–H and O–H groups in total. The summed E-state index contributed by atoms with van der Waals surface area (Å²) in [4.78, 5) is 23.2. The summed E-state index contributed by atoms with van der Waals surface area (Å²) in [5.41, 5.74) is 5.89. The molecular weight excluding hydrogens is 422 g/mol. The number of allylic oxidation sites excluding steroid dienone is 1. The lowest BCUT2D eigenvalue weighted by molar-refractivity contribution is -0.127. The van der Waals surface area contributed by atoms with E-state index in [9.17, 15) is 4.79 Å². The van der Waals surface area contributed by atoms with Crippen LogP contribution >= 0.6 is 0 Å². The van der Waals surface area contributed by atoms with E-state index < -0.39 is 0 Å². The average Bonchev–Trinajstić information content (AvgIpc) is 3.26. The Kier molecular flexibility index (Phi) is 5.06. The summed E-state index contributed by atoms with van der Waals surface area (Å²) in [6.07, 6.45) is 0. The van der Waals surface area contributed by atoms with Crippen LogP contribution in [0.5, 0.6) is 0 Å². The number of imidazole rings is 1. The number of hydrogen-bond acceptors (Lipinski definition) is 4. The Bertz CT molecular complexity index is 1370. The first-order chi connectivity index (χ1) is 16.7. The van der Waals surface area contributed by atoms with E-state index in [1.807, 2.05) is 54.3 Å². The Hall–Kier alpha value is -4.06. The van der Waals surface area contributed by atoms with Gasteiger partial charge in [-0.2, -0.15) is 0 Å². The fraction of sp³-hybridized carbons (Fsp3) is 0.214. The molecule has 0 radical (unpaired) electrons. The molecule has 1 unspecified atom stereocenters. The van der Waals surface area contributed by atoms with Gasteiger partial charge in [0.25, 0.3) is 5.91 Å². The lowest BCUT2D eigenvalue weighted by Crippen LogP contribution is -2.50. The van der Waals surface area contributed by atoms with Gasteiger partial charge in [-0.1, -0.05) is 60.7 Å². The van der Waals surface area contributed by atoms with Gasteiger partial charge in [-0.15, -0.1) is 0 Å². The summed E-state index contributed by atoms with van der Waals surface area (Å²) in [5, 5.41) is 3.43. The van der Waals surface area contributed by atoms with Gasteiger partial charge in [-0.25, -0.2) is 4.98 Å². The molecule has 6 heteroatoms. The first-order valence-electron chi connectivity index (χ1n) is 11.8. The van der Waals surface area contributed by atoms with Crippen molar-refractivity contribution in [2.75, 3.05) is 36.4 Å². The molecule has 3 heterocycles. The van der Waals surface area contributed by atoms with E-state index >= 15 is 0 Å². The third-order valence-electron chi connectivity index (χ3n) is 6.86. The van der Waals surface area contributed by atoms with Crippen LogP contribution in [0, 0.1) is 0 Å². The fourth-order valence-electron chi connectivity index (χ4n) is 5.17. The minimum atomic E-state index is -0.232. The molecule has 3 aromatic carbocycles. The molecule has 0 aliphatic carbocycles. The highest BCUT2D eigenvalue weighted by molar-refractivity contribution is 5.98. The number of amides is 1. The van der Waals surface area contributed by atoms with Crippen LogP contribution in [-0.4, -0.2) is 46.5 Å². The normalized spacial score (nSPS) is 18.1. The number of hydrogen-bond donors (Lipinski definition) is 1. The predicted octanol–water partition coefficient (Wildman–Crippen LogP) is 4.67. The number of carbonyl (C=O) groups excluding carboxylic acids is 1. The highest BCUT2D eigenvalue weighted by Crippen LogP contribution is 2.39. The minimum Gasteiger partial charge on any atom is -0.368 e. The van der Waals surface area contributed by atoms with E-state index in [1.54, 1.807) is 0 Å². The number of para-hydroxylation sites is 3. The number of fused-ring (bicyclic) bond motifs is 3. The molecule has 1 saturated heterocycles. The van der Waals surface area contributed by atoms with E-state index in [1.165, 1.54) is 5.69 Å². The highest BCUT2D eigenvalue weighted by Gasteiger charge is 2.36. The maximum atomic E-state index is 14.0. The molecule has 1 amide bonds. The maximum absolute atomic E-state index is 14.0. The molecule has 0 spiro atoms. The molecule has 34 heavy (non-hydrogen) atoms. The Morgan fingerprint density at radius 1 is 0.853 bits per heavy atom. The van der Waals surface area contributed by atoms with Gasteiger partial charge in [-0.3, -0.25) is 9.36 Å². The zero-order valence-electron chi connectivity index (χ0n) is 19.2. The summed E-state index contributed by atoms with van der Waals surface area (Å²) in [7, 11) is 0. The molecule has 1 atom stereocenters. The fourth-order valence-corrected chi connectivity index (χ4v) is 5.17. The highest BCUT2D eigenvalue weighted by atomic mass is 16.2. The predicted molar refractivity (Wildman–Crippen MR) is 136 cm³/mol. The van der Waals surface area contributed by atoms with Crippen molar-refractivity contribution in [1.82, 2.24) is 14.5 Å². The number of piperazine rings is 1. The van der Waals surface area contributed by atoms with Crippen LogP contribution in [0.25, 0.3) is 11.0 Å². The second-order valence-corrected chi connectivity index (χ2v) is 8.89. The molecule has 6 rings (SSSR count). The number of rotatable bonds is 3. The molecule has 0 saturated carbocycles. The van der Waals surface area contributed by atoms with Crippen molar-refractivity contribution >= 4 is 28.6 Å². The lowest BCUT2D eigenvalue weighted by Gasteiger charge is -2.39. The van der Waals surface area contributed by atoms with Crippen LogP contribution in [0.1, 0.15) is 18.5 Å². The molecule has 170 valence electrons. The van der Waals surface area contributed by atoms with Crippen LogP contribution in [-0.2, 0) is 4.79 Å². The number of benzene rings is 3. The minimum absolute atomic E-state index is 0.0926. The number of nitrogens with zero attached hydrogens (tertiary/aromatic N) is 4. The van der Waals surface area contributed by atoms with Crippen LogP contribution in [0.15, 0.2) is 96.2 Å². The van der Waals surface area contributed by atoms with Crippen LogP contribution in [0.3, 0.4) is 0 Å². The van der Waals surface area contributed by atoms with E-state index in [4.69, 9.17) is 4.98 Å². The first-order valence-corrected chi connectivity index (χ1v) is 11.8. The first kappa shape index (κ1) is 20.5. The van der Waals surface area contributed by atoms with Crippen molar-refractivity contribution in [3.63, 3.8) is 0 Å². The Labute approximate surface area is 199 Å². The molecule has 0 bridgehead atoms. The Balaban J connectivity index is 1.36. The van der Waals surface area contributed by atoms with Gasteiger partial charge in [0.15, 0.2) is 0 Å². The molecule has 1 fully saturated rings. The van der Waals surface area contributed by atoms with Crippen LogP contribution in [0.4, 0.5) is 11.6 Å². The van der Waals surface area contributed by atoms with Gasteiger partial charge in [-0.05, 0) is 36.8 Å². The summed E-state index contributed by atoms with van der Waals surface area (Å²) in [5.74, 6) is 0.869. The number of carbonyl (C=O) groups is 1. The maximum Gasteiger partial charge on any atom is 0.254 e. The topological polar surface area (TPSA) is 53.4 Å². The van der Waals surface area contributed by atoms with E-state index in [2.05, 4.69) is 57.2 Å². The van der Waals surface area contributed by atoms with Crippen molar-refractivity contribution in [3.8, 4) is 0 Å². The summed E-state index contributed by atoms with van der Waals surface area (Å²) >= 11 is 0. The van der Waals surface area contributed by atoms with E-state index in [0.29, 0.717) is 13.1 Å². The standard InChI is InChI=1S/C28H27N5O/c1-20-25(27(34)32-18-16-31(17-19-32)22-12-6-3-7-13-22)26(21-10-4-2-5-11-21)33-24-15-9-8-14-23(24)30-28(33)29-20/h2-15,26H,16-19H2,1H3,(H,29,30). The van der Waals surface area contributed by atoms with Crippen molar-refractivity contribution in [2.24, 2.45) is 0 Å². The SMILES string of the molecule is CC1=C(C(=O)N2CCN(c3ccccc3)CC2)C(c2ccccc2)n2c(nc3ccccc32)N1. The lowest BCUT2D eigenvalue weighted by atomic mass is 9.93. The number of aromatic nitrogens is 2. The summed E-state index contributed by atoms with van der Waals surface area (Å²) in [6.45, 7) is 5.04. The zero-order chi connectivity index (χ0) is 23.1. The van der Waals surface area contributed by atoms with Crippen molar-refractivity contribution in [3.05, 3.63) is 102 Å². The van der Waals surface area contributed by atoms with Gasteiger partial charge >= 0.3 is 0 Å². The van der Waals surface area contributed by atoms with Gasteiger partial charge in [0.05, 0.1) is 22.6 Å². The van der Waals surface area contributed by atoms with Crippen LogP contribution < -0.4 is 10.2 Å². The van der Waals surface area contributed by atoms with Crippen molar-refractivity contribution in [2.45, 2.75) is 13.0 Å². The molecule has 2 aliphatic heterocycles. The molecule has 1 aromatic heterocycles. The largest absolute Gasteiger partial charge is 0.368 e. The molecular formula is C28H27N5O. The monoisotopic (exact) mass is 449 g/mol. The van der Waals surface area contributed by atoms with Crippen LogP contribution in [0.2, 0.25) is 0 Å². The second-order valence-electron chi connectivity index (χ2n) is 8.89. The second kappa shape index (κ2) is 8.37. The average molecular weight is 450 g/mol. The third-order valence-corrected chi connectivity index (χ3v) is 6.86. The quantitative estimate of drug-likeness (QED) is 0.494. The third kappa shape index (κ3) is 3.43. The molecule has 6 nitrogen and oxygen atoms in total. The van der Waals surface area contributed by atoms with Crippen molar-refractivity contribution < 1.29 is 4.79 Å². The van der Waals surface area contributed by atoms with E-state index in [-0.39, 0.29) is 11.9 Å². The van der Waals surface area contributed by atoms with Crippen molar-refractivity contribution in [1.29, 1.82) is 0 Å². The Morgan fingerprint density at radius 3 is 2.24 bits per heavy atom. The van der Waals surface area contributed by atoms with Gasteiger partial charge in [0.1, 0.15) is 0 Å². The number of anilines is 2. The summed E-state index contributed by atoms with van der Waals surface area (Å²) < 4.78 is 2.17. The van der Waals surface area contributed by atoms with Gasteiger partial charge < -0.3 is 15.1 Å². The molecule has 4 aromatic rings. The molecule has 2 aliphatic rings. The summed E-state index contributed by atoms with van der Waals surface area (Å²) in [6, 6.07) is 28.6. The Morgan fingerprint density at radius 2 is 1.50 bits per heavy atom. The smallest absolute Gasteiger partial charge is 0.254 e.